The molecule has 0 bridgehead atoms. The van der Waals surface area contributed by atoms with E-state index in [4.69, 9.17) is 19.3 Å². The highest BCUT2D eigenvalue weighted by Gasteiger charge is 2.36. The van der Waals surface area contributed by atoms with E-state index in [0.29, 0.717) is 29.4 Å². The molecule has 128 valence electrons. The fourth-order valence-electron chi connectivity index (χ4n) is 3.04. The first-order valence-electron chi connectivity index (χ1n) is 7.60. The predicted molar refractivity (Wildman–Crippen MR) is 80.1 cm³/mol. The van der Waals surface area contributed by atoms with Gasteiger partial charge in [-0.25, -0.2) is 13.5 Å². The van der Waals surface area contributed by atoms with E-state index in [-0.39, 0.29) is 17.6 Å². The minimum Gasteiger partial charge on any atom is -0.489 e. The van der Waals surface area contributed by atoms with Gasteiger partial charge >= 0.3 is 7.82 Å². The molecular weight excluding hydrogens is 326 g/mol. The van der Waals surface area contributed by atoms with E-state index in [1.54, 1.807) is 0 Å². The lowest BCUT2D eigenvalue weighted by molar-refractivity contribution is 0.0809. The third-order valence-corrected chi connectivity index (χ3v) is 4.91. The van der Waals surface area contributed by atoms with Crippen LogP contribution in [0.15, 0.2) is 6.07 Å². The molecule has 1 heterocycles. The van der Waals surface area contributed by atoms with Gasteiger partial charge in [-0.05, 0) is 30.7 Å². The van der Waals surface area contributed by atoms with Crippen LogP contribution in [0.3, 0.4) is 0 Å². The lowest BCUT2D eigenvalue weighted by Crippen LogP contribution is -2.09. The van der Waals surface area contributed by atoms with Crippen molar-refractivity contribution in [2.45, 2.75) is 38.5 Å². The van der Waals surface area contributed by atoms with Crippen molar-refractivity contribution < 1.29 is 32.7 Å². The summed E-state index contributed by atoms with van der Waals surface area (Å²) >= 11 is 0. The third kappa shape index (κ3) is 3.53. The van der Waals surface area contributed by atoms with Crippen molar-refractivity contribution in [1.29, 1.82) is 0 Å². The number of hydrogen-bond acceptors (Lipinski definition) is 4. The van der Waals surface area contributed by atoms with Crippen molar-refractivity contribution in [3.8, 4) is 11.5 Å². The fraction of sp³-hybridized carbons (Fsp3) is 0.600. The van der Waals surface area contributed by atoms with Gasteiger partial charge in [0.2, 0.25) is 0 Å². The smallest absolute Gasteiger partial charge is 0.472 e. The Morgan fingerprint density at radius 2 is 2.17 bits per heavy atom. The Morgan fingerprint density at radius 1 is 1.48 bits per heavy atom. The van der Waals surface area contributed by atoms with Crippen molar-refractivity contribution in [1.82, 2.24) is 0 Å². The van der Waals surface area contributed by atoms with Crippen molar-refractivity contribution in [2.75, 3.05) is 13.4 Å². The molecule has 3 rings (SSSR count). The first kappa shape index (κ1) is 16.7. The molecule has 1 aromatic rings. The van der Waals surface area contributed by atoms with Gasteiger partial charge in [-0.2, -0.15) is 0 Å². The number of fused-ring (bicyclic) bond motifs is 1. The van der Waals surface area contributed by atoms with E-state index < -0.39 is 20.4 Å². The van der Waals surface area contributed by atoms with Crippen molar-refractivity contribution in [3.05, 3.63) is 23.0 Å². The van der Waals surface area contributed by atoms with Crippen molar-refractivity contribution >= 4 is 7.82 Å². The zero-order valence-electron chi connectivity index (χ0n) is 13.0. The molecule has 6 nitrogen and oxygen atoms in total. The number of hydrogen-bond donors (Lipinski definition) is 2. The van der Waals surface area contributed by atoms with Crippen LogP contribution in [0.1, 0.15) is 49.7 Å². The second-order valence-corrected chi connectivity index (χ2v) is 7.48. The van der Waals surface area contributed by atoms with E-state index in [0.717, 1.165) is 12.8 Å². The van der Waals surface area contributed by atoms with Gasteiger partial charge in [0.1, 0.15) is 5.75 Å². The summed E-state index contributed by atoms with van der Waals surface area (Å²) in [6, 6.07) is 1.41. The highest BCUT2D eigenvalue weighted by molar-refractivity contribution is 7.46. The predicted octanol–water partition coefficient (Wildman–Crippen LogP) is 3.28. The van der Waals surface area contributed by atoms with E-state index in [1.165, 1.54) is 6.07 Å². The van der Waals surface area contributed by atoms with Gasteiger partial charge in [-0.15, -0.1) is 0 Å². The topological polar surface area (TPSA) is 85.2 Å². The van der Waals surface area contributed by atoms with Gasteiger partial charge in [0, 0.05) is 17.0 Å². The molecular formula is C15H20FO6P. The number of phosphoric acid groups is 1. The van der Waals surface area contributed by atoms with Gasteiger partial charge in [0.25, 0.3) is 0 Å². The molecule has 2 unspecified atom stereocenters. The maximum absolute atomic E-state index is 14.3. The maximum Gasteiger partial charge on any atom is 0.472 e. The van der Waals surface area contributed by atoms with Crippen LogP contribution in [0.25, 0.3) is 0 Å². The molecule has 0 saturated heterocycles. The summed E-state index contributed by atoms with van der Waals surface area (Å²) < 4.78 is 40.4. The molecule has 1 fully saturated rings. The molecule has 1 aliphatic carbocycles. The number of phosphoric ester groups is 1. The number of rotatable bonds is 6. The summed E-state index contributed by atoms with van der Waals surface area (Å²) in [5.41, 5.74) is 1.32. The minimum absolute atomic E-state index is 0.0593. The lowest BCUT2D eigenvalue weighted by Gasteiger charge is -2.21. The van der Waals surface area contributed by atoms with Crippen LogP contribution in [0, 0.1) is 11.7 Å². The molecule has 1 aliphatic heterocycles. The van der Waals surface area contributed by atoms with E-state index in [9.17, 15) is 8.96 Å². The second-order valence-electron chi connectivity index (χ2n) is 6.24. The zero-order chi connectivity index (χ0) is 16.8. The van der Waals surface area contributed by atoms with E-state index >= 15 is 0 Å². The highest BCUT2D eigenvalue weighted by atomic mass is 31.2. The summed E-state index contributed by atoms with van der Waals surface area (Å²) in [6.45, 7) is 3.66. The summed E-state index contributed by atoms with van der Waals surface area (Å²) in [5, 5.41) is 0. The summed E-state index contributed by atoms with van der Waals surface area (Å²) in [7, 11) is -4.62. The first-order chi connectivity index (χ1) is 10.8. The number of halogens is 1. The van der Waals surface area contributed by atoms with Crippen LogP contribution < -0.4 is 9.47 Å². The average Bonchev–Trinajstić information content (AvgIpc) is 3.23. The third-order valence-electron chi connectivity index (χ3n) is 4.46. The Hall–Kier alpha value is -1.14. The van der Waals surface area contributed by atoms with Gasteiger partial charge in [-0.1, -0.05) is 13.8 Å². The summed E-state index contributed by atoms with van der Waals surface area (Å²) in [4.78, 5) is 17.6. The first-order valence-corrected chi connectivity index (χ1v) is 9.13. The minimum atomic E-state index is -4.62. The van der Waals surface area contributed by atoms with Gasteiger partial charge in [0.05, 0.1) is 6.61 Å². The van der Waals surface area contributed by atoms with E-state index in [2.05, 4.69) is 4.52 Å². The van der Waals surface area contributed by atoms with Gasteiger partial charge < -0.3 is 19.3 Å². The molecule has 0 amide bonds. The van der Waals surface area contributed by atoms with Crippen LogP contribution in [-0.2, 0) is 9.09 Å². The quantitative estimate of drug-likeness (QED) is 0.607. The SMILES string of the molecule is CC1COc2c(F)cc(C(C)C3CC3)c(OCOP(=O)(O)O)c21. The van der Waals surface area contributed by atoms with Crippen LogP contribution in [0.5, 0.6) is 11.5 Å². The fourth-order valence-corrected chi connectivity index (χ4v) is 3.23. The Bertz CT molecular complexity index is 654. The van der Waals surface area contributed by atoms with E-state index in [1.807, 2.05) is 13.8 Å². The number of benzene rings is 1. The second kappa shape index (κ2) is 6.06. The largest absolute Gasteiger partial charge is 0.489 e. The molecule has 0 radical (unpaired) electrons. The highest BCUT2D eigenvalue weighted by Crippen LogP contribution is 2.51. The molecule has 1 aromatic carbocycles. The Labute approximate surface area is 133 Å². The van der Waals surface area contributed by atoms with Crippen molar-refractivity contribution in [3.63, 3.8) is 0 Å². The average molecular weight is 346 g/mol. The van der Waals surface area contributed by atoms with Crippen LogP contribution in [-0.4, -0.2) is 23.2 Å². The Kier molecular flexibility index (Phi) is 4.40. The Balaban J connectivity index is 1.96. The molecule has 23 heavy (non-hydrogen) atoms. The molecule has 2 atom stereocenters. The summed E-state index contributed by atoms with van der Waals surface area (Å²) in [5.74, 6) is 0.698. The molecule has 8 heteroatoms. The maximum atomic E-state index is 14.3. The normalized spacial score (nSPS) is 21.7. The summed E-state index contributed by atoms with van der Waals surface area (Å²) in [6.07, 6.45) is 2.18. The van der Waals surface area contributed by atoms with Gasteiger partial charge in [0.15, 0.2) is 18.4 Å². The van der Waals surface area contributed by atoms with Crippen molar-refractivity contribution in [2.24, 2.45) is 5.92 Å². The number of ether oxygens (including phenoxy) is 2. The monoisotopic (exact) mass is 346 g/mol. The molecule has 2 aliphatic rings. The molecule has 0 aromatic heterocycles. The van der Waals surface area contributed by atoms with Gasteiger partial charge in [-0.3, -0.25) is 0 Å². The Morgan fingerprint density at radius 3 is 2.78 bits per heavy atom. The van der Waals surface area contributed by atoms with Crippen LogP contribution in [0.2, 0.25) is 0 Å². The van der Waals surface area contributed by atoms with Crippen LogP contribution in [0.4, 0.5) is 4.39 Å². The molecule has 0 spiro atoms. The standard InChI is InChI=1S/C15H20FO6P/c1-8-6-20-15-12(16)5-11(9(2)10-3-4-10)14(13(8)15)21-7-22-23(17,18)19/h5,8-10H,3-4,6-7H2,1-2H3,(H2,17,18,19). The molecule has 1 saturated carbocycles. The molecule has 2 N–H and O–H groups in total. The zero-order valence-corrected chi connectivity index (χ0v) is 13.9. The van der Waals surface area contributed by atoms with Crippen LogP contribution >= 0.6 is 7.82 Å². The lowest BCUT2D eigenvalue weighted by atomic mass is 9.90.